The summed E-state index contributed by atoms with van der Waals surface area (Å²) in [5.41, 5.74) is 1.39. The van der Waals surface area contributed by atoms with Gasteiger partial charge < -0.3 is 10.6 Å². The van der Waals surface area contributed by atoms with Crippen LogP contribution in [0.25, 0.3) is 0 Å². The van der Waals surface area contributed by atoms with Crippen molar-refractivity contribution in [2.75, 3.05) is 19.3 Å². The molecule has 24 heavy (non-hydrogen) atoms. The molecule has 0 saturated carbocycles. The average Bonchev–Trinajstić information content (AvgIpc) is 2.62. The maximum atomic E-state index is 3.54. The van der Waals surface area contributed by atoms with E-state index in [0.29, 0.717) is 0 Å². The first-order valence-electron chi connectivity index (χ1n) is 10.4. The van der Waals surface area contributed by atoms with Crippen LogP contribution in [0.1, 0.15) is 76.2 Å². The third-order valence-corrected chi connectivity index (χ3v) is 5.13. The van der Waals surface area contributed by atoms with Crippen LogP contribution in [0.5, 0.6) is 0 Å². The van der Waals surface area contributed by atoms with Gasteiger partial charge in [0.25, 0.3) is 0 Å². The Morgan fingerprint density at radius 3 is 1.54 bits per heavy atom. The summed E-state index contributed by atoms with van der Waals surface area (Å²) in [5, 5.41) is 7.00. The molecule has 0 unspecified atom stereocenters. The molecule has 0 aliphatic rings. The number of benzene rings is 1. The molecule has 0 bridgehead atoms. The van der Waals surface area contributed by atoms with E-state index in [-0.39, 0.29) is 0 Å². The van der Waals surface area contributed by atoms with Crippen molar-refractivity contribution in [2.45, 2.75) is 77.2 Å². The Hall–Kier alpha value is -0.643. The summed E-state index contributed by atoms with van der Waals surface area (Å²) in [6.45, 7) is 3.41. The van der Waals surface area contributed by atoms with Crippen molar-refractivity contribution in [3.8, 4) is 0 Å². The van der Waals surface area contributed by atoms with Crippen LogP contribution in [0.3, 0.4) is 0 Å². The topological polar surface area (TPSA) is 24.1 Å². The van der Waals surface area contributed by atoms with Crippen molar-refractivity contribution in [1.82, 2.24) is 10.6 Å². The minimum Gasteiger partial charge on any atom is -0.320 e. The third kappa shape index (κ3) is 13.8. The predicted molar refractivity (Wildman–Crippen MR) is 112 cm³/mol. The van der Waals surface area contributed by atoms with E-state index >= 15 is 0 Å². The van der Waals surface area contributed by atoms with Gasteiger partial charge in [0, 0.05) is 16.8 Å². The molecular weight excluding hydrogens is 308 g/mol. The van der Waals surface area contributed by atoms with Gasteiger partial charge in [-0.1, -0.05) is 88.1 Å². The fraction of sp³-hybridized carbons (Fsp3) is 0.714. The van der Waals surface area contributed by atoms with Crippen molar-refractivity contribution in [3.05, 3.63) is 35.9 Å². The van der Waals surface area contributed by atoms with E-state index in [2.05, 4.69) is 41.0 Å². The zero-order valence-electron chi connectivity index (χ0n) is 16.0. The minimum atomic E-state index is 1.01. The summed E-state index contributed by atoms with van der Waals surface area (Å²) in [6.07, 6.45) is 16.8. The van der Waals surface area contributed by atoms with Crippen LogP contribution in [-0.2, 0) is 6.54 Å². The second-order valence-corrected chi connectivity index (χ2v) is 7.61. The molecule has 0 spiro atoms. The number of unbranched alkanes of at least 4 members (excludes halogenated alkanes) is 10. The van der Waals surface area contributed by atoms with E-state index in [1.54, 1.807) is 0 Å². The van der Waals surface area contributed by atoms with Crippen LogP contribution in [-0.4, -0.2) is 29.5 Å². The molecule has 1 aromatic carbocycles. The van der Waals surface area contributed by atoms with E-state index in [0.717, 1.165) is 13.1 Å². The largest absolute Gasteiger partial charge is 0.320 e. The molecule has 0 aliphatic heterocycles. The minimum absolute atomic E-state index is 1.01. The van der Waals surface area contributed by atoms with Gasteiger partial charge in [-0.2, -0.15) is 0 Å². The zero-order chi connectivity index (χ0) is 17.1. The lowest BCUT2D eigenvalue weighted by Gasteiger charge is -2.05. The summed E-state index contributed by atoms with van der Waals surface area (Å²) in [7, 11) is 1.29. The zero-order valence-corrected chi connectivity index (χ0v) is 18.0. The highest BCUT2D eigenvalue weighted by Crippen LogP contribution is 2.11. The monoisotopic (exact) mass is 348 g/mol. The Morgan fingerprint density at radius 1 is 0.583 bits per heavy atom. The quantitative estimate of drug-likeness (QED) is 0.329. The Kier molecular flexibility index (Phi) is 15.3. The summed E-state index contributed by atoms with van der Waals surface area (Å²) >= 11 is 0. The second kappa shape index (κ2) is 17.2. The van der Waals surface area contributed by atoms with Crippen LogP contribution in [0.2, 0.25) is 0 Å². The molecular formula is C21H40N2Si. The highest BCUT2D eigenvalue weighted by Gasteiger charge is 1.94. The highest BCUT2D eigenvalue weighted by molar-refractivity contribution is 6.08. The summed E-state index contributed by atoms with van der Waals surface area (Å²) < 4.78 is 0. The molecule has 0 radical (unpaired) electrons. The highest BCUT2D eigenvalue weighted by atomic mass is 28.1. The van der Waals surface area contributed by atoms with E-state index in [1.807, 2.05) is 0 Å². The van der Waals surface area contributed by atoms with Gasteiger partial charge in [-0.25, -0.2) is 0 Å². The van der Waals surface area contributed by atoms with Crippen molar-refractivity contribution in [1.29, 1.82) is 0 Å². The van der Waals surface area contributed by atoms with E-state index in [4.69, 9.17) is 0 Å². The fourth-order valence-electron chi connectivity index (χ4n) is 3.10. The number of hydrogen-bond donors (Lipinski definition) is 2. The van der Waals surface area contributed by atoms with E-state index < -0.39 is 0 Å². The first-order valence-corrected chi connectivity index (χ1v) is 11.8. The normalized spacial score (nSPS) is 11.2. The maximum absolute atomic E-state index is 3.54. The van der Waals surface area contributed by atoms with E-state index in [9.17, 15) is 0 Å². The Morgan fingerprint density at radius 2 is 1.04 bits per heavy atom. The van der Waals surface area contributed by atoms with Gasteiger partial charge in [0.2, 0.25) is 0 Å². The number of rotatable bonds is 17. The first-order chi connectivity index (χ1) is 11.9. The van der Waals surface area contributed by atoms with Crippen LogP contribution in [0, 0.1) is 0 Å². The molecule has 2 nitrogen and oxygen atoms in total. The van der Waals surface area contributed by atoms with Gasteiger partial charge in [0.05, 0.1) is 0 Å². The smallest absolute Gasteiger partial charge is 0.0205 e. The lowest BCUT2D eigenvalue weighted by molar-refractivity contribution is 0.533. The standard InChI is InChI=1S/C21H40N2Si/c24-20-23-18-14-9-7-5-3-1-2-4-6-8-13-17-22-19-21-15-11-10-12-16-21/h10-12,15-16,22-23H,1-9,13-14,17-20H2,24H3. The third-order valence-electron chi connectivity index (χ3n) is 4.63. The van der Waals surface area contributed by atoms with Gasteiger partial charge in [-0.3, -0.25) is 0 Å². The van der Waals surface area contributed by atoms with Crippen molar-refractivity contribution < 1.29 is 0 Å². The number of hydrogen-bond acceptors (Lipinski definition) is 2. The lowest BCUT2D eigenvalue weighted by Crippen LogP contribution is -2.16. The van der Waals surface area contributed by atoms with Gasteiger partial charge in [0.1, 0.15) is 0 Å². The maximum Gasteiger partial charge on any atom is 0.0205 e. The predicted octanol–water partition coefficient (Wildman–Crippen LogP) is 3.98. The fourth-order valence-corrected chi connectivity index (χ4v) is 3.45. The van der Waals surface area contributed by atoms with Crippen LogP contribution in [0.4, 0.5) is 0 Å². The van der Waals surface area contributed by atoms with Gasteiger partial charge in [-0.05, 0) is 37.7 Å². The van der Waals surface area contributed by atoms with Crippen LogP contribution < -0.4 is 10.6 Å². The summed E-state index contributed by atoms with van der Waals surface area (Å²) in [6, 6.07) is 10.7. The van der Waals surface area contributed by atoms with Crippen molar-refractivity contribution in [3.63, 3.8) is 0 Å². The molecule has 3 heteroatoms. The Bertz CT molecular complexity index is 356. The van der Waals surface area contributed by atoms with Crippen molar-refractivity contribution >= 4 is 10.2 Å². The second-order valence-electron chi connectivity index (χ2n) is 6.91. The molecule has 0 heterocycles. The Balaban J connectivity index is 1.70. The number of nitrogens with one attached hydrogen (secondary N) is 2. The Labute approximate surface area is 153 Å². The molecule has 0 atom stereocenters. The molecule has 0 fully saturated rings. The lowest BCUT2D eigenvalue weighted by atomic mass is 10.1. The van der Waals surface area contributed by atoms with Crippen LogP contribution in [0.15, 0.2) is 30.3 Å². The molecule has 0 amide bonds. The van der Waals surface area contributed by atoms with Crippen LogP contribution >= 0.6 is 0 Å². The van der Waals surface area contributed by atoms with Gasteiger partial charge in [-0.15, -0.1) is 0 Å². The molecule has 0 saturated heterocycles. The van der Waals surface area contributed by atoms with E-state index in [1.165, 1.54) is 99.1 Å². The molecule has 1 rings (SSSR count). The molecule has 0 aromatic heterocycles. The average molecular weight is 349 g/mol. The van der Waals surface area contributed by atoms with Crippen molar-refractivity contribution in [2.24, 2.45) is 0 Å². The first kappa shape index (κ1) is 21.4. The molecule has 1 aromatic rings. The molecule has 0 aliphatic carbocycles. The summed E-state index contributed by atoms with van der Waals surface area (Å²) in [5.74, 6) is 0. The SMILES string of the molecule is [SiH3]CNCCCCCCCCCCCCCNCc1ccccc1. The molecule has 2 N–H and O–H groups in total. The summed E-state index contributed by atoms with van der Waals surface area (Å²) in [4.78, 5) is 0. The van der Waals surface area contributed by atoms with Gasteiger partial charge >= 0.3 is 0 Å². The molecule has 138 valence electrons. The van der Waals surface area contributed by atoms with Gasteiger partial charge in [0.15, 0.2) is 0 Å².